The van der Waals surface area contributed by atoms with Crippen LogP contribution < -0.4 is 0 Å². The smallest absolute Gasteiger partial charge is 0.00946 e. The number of benzene rings is 1. The number of rotatable bonds is 5. The van der Waals surface area contributed by atoms with Crippen molar-refractivity contribution in [1.29, 1.82) is 0 Å². The van der Waals surface area contributed by atoms with Crippen LogP contribution in [0.5, 0.6) is 0 Å². The van der Waals surface area contributed by atoms with Crippen molar-refractivity contribution in [2.24, 2.45) is 0 Å². The molecule has 0 bridgehead atoms. The molecule has 0 saturated heterocycles. The lowest BCUT2D eigenvalue weighted by Crippen LogP contribution is -1.97. The molecule has 0 radical (unpaired) electrons. The van der Waals surface area contributed by atoms with E-state index < -0.39 is 0 Å². The van der Waals surface area contributed by atoms with E-state index in [4.69, 9.17) is 0 Å². The molecule has 1 aromatic rings. The topological polar surface area (TPSA) is 0 Å². The fraction of sp³-hybridized carbons (Fsp3) is 0.286. The minimum atomic E-state index is 0.955. The summed E-state index contributed by atoms with van der Waals surface area (Å²) in [7, 11) is 0. The van der Waals surface area contributed by atoms with Crippen LogP contribution in [0.1, 0.15) is 23.6 Å². The van der Waals surface area contributed by atoms with E-state index in [1.807, 2.05) is 12.2 Å². The zero-order valence-corrected chi connectivity index (χ0v) is 8.92. The van der Waals surface area contributed by atoms with E-state index in [0.29, 0.717) is 0 Å². The molecule has 1 aromatic carbocycles. The predicted octanol–water partition coefficient (Wildman–Crippen LogP) is 3.71. The van der Waals surface area contributed by atoms with Crippen molar-refractivity contribution in [1.82, 2.24) is 0 Å². The van der Waals surface area contributed by atoms with Crippen molar-refractivity contribution in [2.75, 3.05) is 0 Å². The highest BCUT2D eigenvalue weighted by Gasteiger charge is 2.03. The standard InChI is InChI=1S/C14H18/c1-4-8-13-11-7-10-12(6-3)14(13)9-5-2/h4-5,7,10-11H,1-2,6,8-9H2,3H3. The summed E-state index contributed by atoms with van der Waals surface area (Å²) in [6, 6.07) is 6.51. The van der Waals surface area contributed by atoms with Crippen molar-refractivity contribution < 1.29 is 0 Å². The average molecular weight is 186 g/mol. The molecule has 0 aliphatic carbocycles. The summed E-state index contributed by atoms with van der Waals surface area (Å²) in [5.41, 5.74) is 4.26. The third kappa shape index (κ3) is 2.35. The highest BCUT2D eigenvalue weighted by atomic mass is 14.1. The van der Waals surface area contributed by atoms with Crippen LogP contribution >= 0.6 is 0 Å². The Hall–Kier alpha value is -1.30. The first-order valence-electron chi connectivity index (χ1n) is 5.14. The molecule has 0 aliphatic rings. The molecule has 0 aliphatic heterocycles. The Morgan fingerprint density at radius 1 is 1.07 bits per heavy atom. The van der Waals surface area contributed by atoms with Crippen LogP contribution in [-0.2, 0) is 19.3 Å². The van der Waals surface area contributed by atoms with Gasteiger partial charge in [0, 0.05) is 0 Å². The van der Waals surface area contributed by atoms with Crippen LogP contribution in [-0.4, -0.2) is 0 Å². The van der Waals surface area contributed by atoms with Gasteiger partial charge < -0.3 is 0 Å². The second-order valence-electron chi connectivity index (χ2n) is 3.39. The zero-order chi connectivity index (χ0) is 10.4. The Balaban J connectivity index is 3.12. The van der Waals surface area contributed by atoms with Crippen molar-refractivity contribution in [3.05, 3.63) is 60.2 Å². The predicted molar refractivity (Wildman–Crippen MR) is 63.6 cm³/mol. The third-order valence-corrected chi connectivity index (χ3v) is 2.46. The van der Waals surface area contributed by atoms with E-state index in [-0.39, 0.29) is 0 Å². The largest absolute Gasteiger partial charge is 0.103 e. The summed E-state index contributed by atoms with van der Waals surface area (Å²) in [6.45, 7) is 9.79. The maximum absolute atomic E-state index is 3.81. The van der Waals surface area contributed by atoms with Gasteiger partial charge in [0.1, 0.15) is 0 Å². The molecular formula is C14H18. The number of hydrogen-bond donors (Lipinski definition) is 0. The SMILES string of the molecule is C=CCc1cccc(CC)c1CC=C. The van der Waals surface area contributed by atoms with Crippen LogP contribution in [0, 0.1) is 0 Å². The summed E-state index contributed by atoms with van der Waals surface area (Å²) in [4.78, 5) is 0. The van der Waals surface area contributed by atoms with Gasteiger partial charge >= 0.3 is 0 Å². The van der Waals surface area contributed by atoms with Gasteiger partial charge in [-0.2, -0.15) is 0 Å². The molecule has 0 aromatic heterocycles. The lowest BCUT2D eigenvalue weighted by atomic mass is 9.95. The summed E-state index contributed by atoms with van der Waals surface area (Å²) >= 11 is 0. The molecule has 0 atom stereocenters. The van der Waals surface area contributed by atoms with E-state index in [2.05, 4.69) is 38.3 Å². The molecule has 14 heavy (non-hydrogen) atoms. The summed E-state index contributed by atoms with van der Waals surface area (Å²) in [6.07, 6.45) is 6.95. The van der Waals surface area contributed by atoms with Gasteiger partial charge in [0.25, 0.3) is 0 Å². The Morgan fingerprint density at radius 3 is 2.29 bits per heavy atom. The third-order valence-electron chi connectivity index (χ3n) is 2.46. The lowest BCUT2D eigenvalue weighted by molar-refractivity contribution is 1.04. The molecular weight excluding hydrogens is 168 g/mol. The molecule has 0 saturated carbocycles. The van der Waals surface area contributed by atoms with Crippen LogP contribution in [0.25, 0.3) is 0 Å². The monoisotopic (exact) mass is 186 g/mol. The number of hydrogen-bond acceptors (Lipinski definition) is 0. The number of aryl methyl sites for hydroxylation is 1. The van der Waals surface area contributed by atoms with Gasteiger partial charge in [0.15, 0.2) is 0 Å². The highest BCUT2D eigenvalue weighted by molar-refractivity contribution is 5.37. The minimum Gasteiger partial charge on any atom is -0.103 e. The van der Waals surface area contributed by atoms with Gasteiger partial charge in [-0.05, 0) is 36.0 Å². The lowest BCUT2D eigenvalue weighted by Gasteiger charge is -2.10. The zero-order valence-electron chi connectivity index (χ0n) is 8.92. The van der Waals surface area contributed by atoms with Crippen molar-refractivity contribution in [2.45, 2.75) is 26.2 Å². The Bertz CT molecular complexity index is 321. The molecule has 0 fully saturated rings. The van der Waals surface area contributed by atoms with E-state index in [9.17, 15) is 0 Å². The van der Waals surface area contributed by atoms with Gasteiger partial charge in [-0.1, -0.05) is 37.3 Å². The second-order valence-corrected chi connectivity index (χ2v) is 3.39. The molecule has 0 unspecified atom stereocenters. The molecule has 1 rings (SSSR count). The van der Waals surface area contributed by atoms with E-state index >= 15 is 0 Å². The first-order chi connectivity index (χ1) is 6.83. The van der Waals surface area contributed by atoms with Crippen LogP contribution in [0.15, 0.2) is 43.5 Å². The molecule has 0 heteroatoms. The van der Waals surface area contributed by atoms with E-state index in [0.717, 1.165) is 19.3 Å². The molecule has 0 N–H and O–H groups in total. The summed E-state index contributed by atoms with van der Waals surface area (Å²) in [5.74, 6) is 0. The molecule has 74 valence electrons. The average Bonchev–Trinajstić information content (AvgIpc) is 2.21. The van der Waals surface area contributed by atoms with Gasteiger partial charge in [0.05, 0.1) is 0 Å². The quantitative estimate of drug-likeness (QED) is 0.615. The minimum absolute atomic E-state index is 0.955. The first-order valence-corrected chi connectivity index (χ1v) is 5.14. The van der Waals surface area contributed by atoms with E-state index in [1.165, 1.54) is 16.7 Å². The fourth-order valence-corrected chi connectivity index (χ4v) is 1.77. The molecule has 0 nitrogen and oxygen atoms in total. The van der Waals surface area contributed by atoms with Gasteiger partial charge in [0.2, 0.25) is 0 Å². The Kier molecular flexibility index (Phi) is 4.18. The number of allylic oxidation sites excluding steroid dienone is 2. The highest BCUT2D eigenvalue weighted by Crippen LogP contribution is 2.17. The molecule has 0 heterocycles. The van der Waals surface area contributed by atoms with Crippen LogP contribution in [0.4, 0.5) is 0 Å². The Labute approximate surface area is 87.0 Å². The maximum atomic E-state index is 3.81. The summed E-state index contributed by atoms with van der Waals surface area (Å²) < 4.78 is 0. The maximum Gasteiger partial charge on any atom is -0.00946 e. The van der Waals surface area contributed by atoms with Crippen molar-refractivity contribution in [3.63, 3.8) is 0 Å². The summed E-state index contributed by atoms with van der Waals surface area (Å²) in [5, 5.41) is 0. The van der Waals surface area contributed by atoms with Crippen molar-refractivity contribution >= 4 is 0 Å². The van der Waals surface area contributed by atoms with Gasteiger partial charge in [-0.3, -0.25) is 0 Å². The molecule has 0 spiro atoms. The van der Waals surface area contributed by atoms with Gasteiger partial charge in [-0.15, -0.1) is 13.2 Å². The van der Waals surface area contributed by atoms with E-state index in [1.54, 1.807) is 0 Å². The molecule has 0 amide bonds. The second kappa shape index (κ2) is 5.43. The van der Waals surface area contributed by atoms with Crippen LogP contribution in [0.3, 0.4) is 0 Å². The van der Waals surface area contributed by atoms with Gasteiger partial charge in [-0.25, -0.2) is 0 Å². The van der Waals surface area contributed by atoms with Crippen LogP contribution in [0.2, 0.25) is 0 Å². The fourth-order valence-electron chi connectivity index (χ4n) is 1.77. The Morgan fingerprint density at radius 2 is 1.71 bits per heavy atom. The van der Waals surface area contributed by atoms with Crippen molar-refractivity contribution in [3.8, 4) is 0 Å². The first kappa shape index (κ1) is 10.8. The normalized spacial score (nSPS) is 9.79.